The van der Waals surface area contributed by atoms with Crippen LogP contribution >= 0.6 is 0 Å². The summed E-state index contributed by atoms with van der Waals surface area (Å²) in [6, 6.07) is 69.8. The maximum atomic E-state index is 6.28. The molecule has 2 heterocycles. The molecule has 0 N–H and O–H groups in total. The van der Waals surface area contributed by atoms with Crippen LogP contribution in [0.4, 0.5) is 17.1 Å². The fourth-order valence-electron chi connectivity index (χ4n) is 8.30. The summed E-state index contributed by atoms with van der Waals surface area (Å²) in [6.07, 6.45) is 0. The quantitative estimate of drug-likeness (QED) is 0.169. The van der Waals surface area contributed by atoms with Crippen molar-refractivity contribution in [3.8, 4) is 16.8 Å². The van der Waals surface area contributed by atoms with Gasteiger partial charge in [-0.05, 0) is 105 Å². The Balaban J connectivity index is 1.14. The van der Waals surface area contributed by atoms with Gasteiger partial charge in [-0.15, -0.1) is 0 Å². The van der Waals surface area contributed by atoms with Gasteiger partial charge in [-0.25, -0.2) is 0 Å². The standard InChI is InChI=1S/C50H32N2O/c1-3-12-33(13-4-1)34-24-27-38(28-25-34)52-45-18-9-7-17-41(45)50-46(19-11-20-47(50)52)51(37-14-5-2-6-15-37)39-29-26-35-22-23-36-30-49-44(32-43(36)42(35)31-39)40-16-8-10-21-48(40)53-49/h1-32H. The highest BCUT2D eigenvalue weighted by molar-refractivity contribution is 6.19. The topological polar surface area (TPSA) is 21.3 Å². The van der Waals surface area contributed by atoms with E-state index in [1.54, 1.807) is 0 Å². The van der Waals surface area contributed by atoms with Crippen LogP contribution in [0.25, 0.3) is 82.1 Å². The Bertz CT molecular complexity index is 3160. The Morgan fingerprint density at radius 3 is 1.89 bits per heavy atom. The molecule has 0 aliphatic rings. The maximum absolute atomic E-state index is 6.28. The molecule has 0 fully saturated rings. The number of rotatable bonds is 5. The second-order valence-electron chi connectivity index (χ2n) is 13.7. The van der Waals surface area contributed by atoms with Gasteiger partial charge in [0.2, 0.25) is 0 Å². The number of benzene rings is 9. The predicted octanol–water partition coefficient (Wildman–Crippen LogP) is 14.1. The largest absolute Gasteiger partial charge is 0.456 e. The number of nitrogens with zero attached hydrogens (tertiary/aromatic N) is 2. The van der Waals surface area contributed by atoms with E-state index in [0.29, 0.717) is 0 Å². The Morgan fingerprint density at radius 1 is 0.377 bits per heavy atom. The highest BCUT2D eigenvalue weighted by Crippen LogP contribution is 2.45. The van der Waals surface area contributed by atoms with Crippen LogP contribution in [0, 0.1) is 0 Å². The van der Waals surface area contributed by atoms with E-state index in [4.69, 9.17) is 4.42 Å². The van der Waals surface area contributed by atoms with Gasteiger partial charge in [0.1, 0.15) is 11.2 Å². The van der Waals surface area contributed by atoms with Crippen LogP contribution in [0.1, 0.15) is 0 Å². The van der Waals surface area contributed by atoms with Crippen molar-refractivity contribution in [3.05, 3.63) is 194 Å². The lowest BCUT2D eigenvalue weighted by molar-refractivity contribution is 0.669. The molecule has 0 unspecified atom stereocenters. The van der Waals surface area contributed by atoms with Gasteiger partial charge in [0, 0.05) is 38.6 Å². The highest BCUT2D eigenvalue weighted by atomic mass is 16.3. The Hall–Kier alpha value is -7.10. The lowest BCUT2D eigenvalue weighted by atomic mass is 9.98. The molecular weight excluding hydrogens is 645 g/mol. The van der Waals surface area contributed by atoms with Crippen molar-refractivity contribution in [2.45, 2.75) is 0 Å². The smallest absolute Gasteiger partial charge is 0.136 e. The normalized spacial score (nSPS) is 11.8. The third-order valence-electron chi connectivity index (χ3n) is 10.7. The minimum atomic E-state index is 0.914. The molecule has 3 heteroatoms. The first-order chi connectivity index (χ1) is 26.3. The number of hydrogen-bond acceptors (Lipinski definition) is 2. The van der Waals surface area contributed by atoms with Crippen molar-refractivity contribution in [2.75, 3.05) is 4.90 Å². The van der Waals surface area contributed by atoms with Crippen LogP contribution in [-0.2, 0) is 0 Å². The zero-order valence-electron chi connectivity index (χ0n) is 28.8. The van der Waals surface area contributed by atoms with Crippen LogP contribution in [0.15, 0.2) is 199 Å². The number of aromatic nitrogens is 1. The molecule has 3 nitrogen and oxygen atoms in total. The molecule has 0 bridgehead atoms. The molecule has 0 aliphatic carbocycles. The number of anilines is 3. The Kier molecular flexibility index (Phi) is 6.55. The van der Waals surface area contributed by atoms with E-state index in [1.165, 1.54) is 43.6 Å². The predicted molar refractivity (Wildman–Crippen MR) is 223 cm³/mol. The van der Waals surface area contributed by atoms with Gasteiger partial charge in [0.05, 0.1) is 16.7 Å². The molecule has 0 atom stereocenters. The van der Waals surface area contributed by atoms with Crippen LogP contribution in [0.2, 0.25) is 0 Å². The van der Waals surface area contributed by atoms with E-state index < -0.39 is 0 Å². The minimum Gasteiger partial charge on any atom is -0.456 e. The number of furan rings is 1. The number of fused-ring (bicyclic) bond motifs is 9. The van der Waals surface area contributed by atoms with E-state index in [0.717, 1.165) is 55.6 Å². The summed E-state index contributed by atoms with van der Waals surface area (Å²) >= 11 is 0. The molecule has 248 valence electrons. The van der Waals surface area contributed by atoms with E-state index in [1.807, 2.05) is 12.1 Å². The third-order valence-corrected chi connectivity index (χ3v) is 10.7. The summed E-state index contributed by atoms with van der Waals surface area (Å²) in [5.41, 5.74) is 11.1. The second kappa shape index (κ2) is 11.7. The van der Waals surface area contributed by atoms with E-state index in [2.05, 4.69) is 191 Å². The summed E-state index contributed by atoms with van der Waals surface area (Å²) in [5.74, 6) is 0. The van der Waals surface area contributed by atoms with Gasteiger partial charge in [0.25, 0.3) is 0 Å². The fraction of sp³-hybridized carbons (Fsp3) is 0. The van der Waals surface area contributed by atoms with Gasteiger partial charge in [0.15, 0.2) is 0 Å². The number of para-hydroxylation sites is 3. The zero-order valence-corrected chi connectivity index (χ0v) is 28.8. The lowest BCUT2D eigenvalue weighted by Crippen LogP contribution is -2.10. The third kappa shape index (κ3) is 4.68. The first kappa shape index (κ1) is 29.6. The monoisotopic (exact) mass is 676 g/mol. The highest BCUT2D eigenvalue weighted by Gasteiger charge is 2.21. The molecule has 2 aromatic heterocycles. The molecule has 0 saturated heterocycles. The summed E-state index contributed by atoms with van der Waals surface area (Å²) in [7, 11) is 0. The van der Waals surface area contributed by atoms with Crippen molar-refractivity contribution in [3.63, 3.8) is 0 Å². The van der Waals surface area contributed by atoms with E-state index >= 15 is 0 Å². The summed E-state index contributed by atoms with van der Waals surface area (Å²) in [6.45, 7) is 0. The van der Waals surface area contributed by atoms with Crippen LogP contribution < -0.4 is 4.90 Å². The van der Waals surface area contributed by atoms with Gasteiger partial charge in [-0.2, -0.15) is 0 Å². The molecule has 0 aliphatic heterocycles. The molecule has 53 heavy (non-hydrogen) atoms. The molecule has 0 amide bonds. The van der Waals surface area contributed by atoms with Gasteiger partial charge < -0.3 is 13.9 Å². The lowest BCUT2D eigenvalue weighted by Gasteiger charge is -2.27. The molecule has 11 rings (SSSR count). The van der Waals surface area contributed by atoms with Gasteiger partial charge >= 0.3 is 0 Å². The summed E-state index contributed by atoms with van der Waals surface area (Å²) in [4.78, 5) is 2.42. The van der Waals surface area contributed by atoms with E-state index in [-0.39, 0.29) is 0 Å². The van der Waals surface area contributed by atoms with Crippen LogP contribution in [0.5, 0.6) is 0 Å². The molecular formula is C50H32N2O. The average molecular weight is 677 g/mol. The first-order valence-corrected chi connectivity index (χ1v) is 18.1. The van der Waals surface area contributed by atoms with Gasteiger partial charge in [-0.1, -0.05) is 121 Å². The first-order valence-electron chi connectivity index (χ1n) is 18.1. The fourth-order valence-corrected chi connectivity index (χ4v) is 8.30. The average Bonchev–Trinajstić information content (AvgIpc) is 3.76. The van der Waals surface area contributed by atoms with Crippen LogP contribution in [-0.4, -0.2) is 4.57 Å². The van der Waals surface area contributed by atoms with Crippen molar-refractivity contribution in [1.29, 1.82) is 0 Å². The maximum Gasteiger partial charge on any atom is 0.136 e. The summed E-state index contributed by atoms with van der Waals surface area (Å²) < 4.78 is 8.68. The van der Waals surface area contributed by atoms with Gasteiger partial charge in [-0.3, -0.25) is 0 Å². The number of hydrogen-bond donors (Lipinski definition) is 0. The molecule has 0 spiro atoms. The second-order valence-corrected chi connectivity index (χ2v) is 13.7. The SMILES string of the molecule is c1ccc(-c2ccc(-n3c4ccccc4c4c(N(c5ccccc5)c5ccc6ccc7cc8oc9ccccc9c8cc7c6c5)cccc43)cc2)cc1. The Labute approximate surface area is 306 Å². The van der Waals surface area contributed by atoms with Crippen molar-refractivity contribution in [1.82, 2.24) is 4.57 Å². The molecule has 0 saturated carbocycles. The van der Waals surface area contributed by atoms with Crippen LogP contribution in [0.3, 0.4) is 0 Å². The zero-order chi connectivity index (χ0) is 34.9. The molecule has 9 aromatic carbocycles. The summed E-state index contributed by atoms with van der Waals surface area (Å²) in [5, 5.41) is 9.49. The minimum absolute atomic E-state index is 0.914. The molecule has 0 radical (unpaired) electrons. The molecule has 11 aromatic rings. The van der Waals surface area contributed by atoms with Crippen molar-refractivity contribution < 1.29 is 4.42 Å². The Morgan fingerprint density at radius 2 is 1.04 bits per heavy atom. The van der Waals surface area contributed by atoms with Crippen molar-refractivity contribution in [2.24, 2.45) is 0 Å². The van der Waals surface area contributed by atoms with Crippen molar-refractivity contribution >= 4 is 82.4 Å². The van der Waals surface area contributed by atoms with E-state index in [9.17, 15) is 0 Å².